The Kier molecular flexibility index (Phi) is 6.37. The molecule has 0 radical (unpaired) electrons. The molecule has 3 rings (SSSR count). The highest BCUT2D eigenvalue weighted by molar-refractivity contribution is 6.31. The van der Waals surface area contributed by atoms with Crippen LogP contribution in [0.1, 0.15) is 31.8 Å². The molecule has 10 heteroatoms. The Morgan fingerprint density at radius 1 is 1.03 bits per heavy atom. The van der Waals surface area contributed by atoms with Crippen LogP contribution in [0.5, 0.6) is 5.75 Å². The van der Waals surface area contributed by atoms with Crippen molar-refractivity contribution in [2.45, 2.75) is 6.92 Å². The number of oxime groups is 1. The van der Waals surface area contributed by atoms with E-state index >= 15 is 0 Å². The Morgan fingerprint density at radius 2 is 1.71 bits per heavy atom. The number of hydrogen-bond donors (Lipinski definition) is 5. The molecule has 0 spiro atoms. The Bertz CT molecular complexity index is 1180. The molecule has 1 aromatic heterocycles. The van der Waals surface area contributed by atoms with Crippen molar-refractivity contribution in [3.05, 3.63) is 82.0 Å². The number of carbonyl (C=O) groups excluding carboxylic acids is 2. The predicted molar refractivity (Wildman–Crippen MR) is 117 cm³/mol. The van der Waals surface area contributed by atoms with Crippen LogP contribution in [0.15, 0.2) is 59.9 Å². The monoisotopic (exact) mass is 439 g/mol. The topological polar surface area (TPSA) is 150 Å². The summed E-state index contributed by atoms with van der Waals surface area (Å²) >= 11 is 5.95. The van der Waals surface area contributed by atoms with Crippen LogP contribution in [0, 0.1) is 6.92 Å². The number of halogens is 1. The van der Waals surface area contributed by atoms with Crippen molar-refractivity contribution in [2.24, 2.45) is 10.9 Å². The van der Waals surface area contributed by atoms with Gasteiger partial charge in [-0.05, 0) is 48.9 Å². The minimum Gasteiger partial charge on any atom is -0.508 e. The summed E-state index contributed by atoms with van der Waals surface area (Å²) in [6.07, 6.45) is 1.41. The van der Waals surface area contributed by atoms with Gasteiger partial charge < -0.3 is 26.7 Å². The zero-order chi connectivity index (χ0) is 22.5. The number of aryl methyl sites for hydroxylation is 1. The van der Waals surface area contributed by atoms with Gasteiger partial charge in [0.05, 0.1) is 16.3 Å². The number of hydrogen-bond acceptors (Lipinski definition) is 6. The van der Waals surface area contributed by atoms with Crippen molar-refractivity contribution in [3.63, 3.8) is 0 Å². The van der Waals surface area contributed by atoms with Crippen LogP contribution in [-0.2, 0) is 0 Å². The molecule has 0 aliphatic heterocycles. The molecule has 0 saturated carbocycles. The maximum atomic E-state index is 12.8. The largest absolute Gasteiger partial charge is 0.508 e. The van der Waals surface area contributed by atoms with Crippen LogP contribution in [0.25, 0.3) is 0 Å². The summed E-state index contributed by atoms with van der Waals surface area (Å²) in [5, 5.41) is 27.1. The van der Waals surface area contributed by atoms with Gasteiger partial charge in [0.2, 0.25) is 0 Å². The van der Waals surface area contributed by atoms with E-state index in [4.69, 9.17) is 22.5 Å². The minimum absolute atomic E-state index is 0.0380. The van der Waals surface area contributed by atoms with Crippen LogP contribution in [-0.4, -0.2) is 32.9 Å². The number of carbonyl (C=O) groups is 2. The number of pyridine rings is 1. The second-order valence-corrected chi connectivity index (χ2v) is 6.93. The predicted octanol–water partition coefficient (Wildman–Crippen LogP) is 3.35. The molecular formula is C21H18ClN5O4. The van der Waals surface area contributed by atoms with E-state index in [1.54, 1.807) is 13.0 Å². The van der Waals surface area contributed by atoms with Crippen LogP contribution < -0.4 is 16.4 Å². The summed E-state index contributed by atoms with van der Waals surface area (Å²) in [6.45, 7) is 1.77. The van der Waals surface area contributed by atoms with E-state index in [9.17, 15) is 14.7 Å². The average molecular weight is 440 g/mol. The van der Waals surface area contributed by atoms with E-state index in [-0.39, 0.29) is 34.2 Å². The summed E-state index contributed by atoms with van der Waals surface area (Å²) in [7, 11) is 0. The van der Waals surface area contributed by atoms with E-state index in [1.807, 2.05) is 0 Å². The maximum Gasteiger partial charge on any atom is 0.259 e. The van der Waals surface area contributed by atoms with Crippen molar-refractivity contribution < 1.29 is 19.9 Å². The third-order valence-electron chi connectivity index (χ3n) is 4.34. The van der Waals surface area contributed by atoms with Gasteiger partial charge in [0.25, 0.3) is 11.8 Å². The maximum absolute atomic E-state index is 12.8. The molecule has 2 amide bonds. The number of amidine groups is 1. The number of phenolic OH excluding ortho intramolecular Hbond substituents is 1. The molecule has 2 aromatic carbocycles. The minimum atomic E-state index is -0.581. The molecule has 0 aliphatic rings. The van der Waals surface area contributed by atoms with Gasteiger partial charge in [-0.3, -0.25) is 9.59 Å². The number of nitrogens with zero attached hydrogens (tertiary/aromatic N) is 2. The molecule has 6 N–H and O–H groups in total. The zero-order valence-corrected chi connectivity index (χ0v) is 17.0. The van der Waals surface area contributed by atoms with Crippen molar-refractivity contribution >= 4 is 40.8 Å². The second-order valence-electron chi connectivity index (χ2n) is 6.52. The molecule has 0 atom stereocenters. The lowest BCUT2D eigenvalue weighted by molar-refractivity contribution is 0.102. The van der Waals surface area contributed by atoms with E-state index < -0.39 is 11.8 Å². The Labute approximate surface area is 182 Å². The fourth-order valence-electron chi connectivity index (χ4n) is 2.67. The summed E-state index contributed by atoms with van der Waals surface area (Å²) in [5.41, 5.74) is 7.18. The molecule has 3 aromatic rings. The quantitative estimate of drug-likeness (QED) is 0.135. The van der Waals surface area contributed by atoms with E-state index in [0.29, 0.717) is 10.6 Å². The lowest BCUT2D eigenvalue weighted by Gasteiger charge is -2.12. The number of nitrogens with one attached hydrogen (secondary N) is 2. The molecule has 9 nitrogen and oxygen atoms in total. The van der Waals surface area contributed by atoms with E-state index in [0.717, 1.165) is 5.56 Å². The highest BCUT2D eigenvalue weighted by atomic mass is 35.5. The standard InChI is InChI=1S/C21H18ClN5O4/c1-11-8-18(24-10-16(11)22)26-21(30)15-9-14(28)6-7-17(15)25-20(29)13-4-2-12(3-5-13)19(23)27-31/h2-10,28,31H,1H3,(H2,23,27)(H,25,29)(H,24,26,30). The molecular weight excluding hydrogens is 422 g/mol. The SMILES string of the molecule is Cc1cc(NC(=O)c2cc(O)ccc2NC(=O)c2ccc(/C(N)=N\O)cc2)ncc1Cl. The molecule has 1 heterocycles. The first kappa shape index (κ1) is 21.6. The van der Waals surface area contributed by atoms with Crippen molar-refractivity contribution in [3.8, 4) is 5.75 Å². The number of phenols is 1. The lowest BCUT2D eigenvalue weighted by atomic mass is 10.1. The Hall–Kier alpha value is -4.11. The molecule has 0 saturated heterocycles. The number of anilines is 2. The first-order chi connectivity index (χ1) is 14.8. The average Bonchev–Trinajstić information content (AvgIpc) is 2.77. The fourth-order valence-corrected chi connectivity index (χ4v) is 2.77. The number of amides is 2. The van der Waals surface area contributed by atoms with Crippen molar-refractivity contribution in [1.82, 2.24) is 4.98 Å². The van der Waals surface area contributed by atoms with Crippen LogP contribution in [0.2, 0.25) is 5.02 Å². The normalized spacial score (nSPS) is 11.1. The first-order valence-corrected chi connectivity index (χ1v) is 9.32. The van der Waals surface area contributed by atoms with Gasteiger partial charge in [-0.2, -0.15) is 0 Å². The van der Waals surface area contributed by atoms with Gasteiger partial charge in [-0.15, -0.1) is 0 Å². The fraction of sp³-hybridized carbons (Fsp3) is 0.0476. The Morgan fingerprint density at radius 3 is 2.35 bits per heavy atom. The summed E-state index contributed by atoms with van der Waals surface area (Å²) < 4.78 is 0. The summed E-state index contributed by atoms with van der Waals surface area (Å²) in [5.74, 6) is -1.04. The second kappa shape index (κ2) is 9.14. The third kappa shape index (κ3) is 5.09. The highest BCUT2D eigenvalue weighted by Crippen LogP contribution is 2.24. The summed E-state index contributed by atoms with van der Waals surface area (Å²) in [4.78, 5) is 29.4. The third-order valence-corrected chi connectivity index (χ3v) is 4.73. The number of benzene rings is 2. The molecule has 0 bridgehead atoms. The van der Waals surface area contributed by atoms with Gasteiger partial charge >= 0.3 is 0 Å². The first-order valence-electron chi connectivity index (χ1n) is 8.94. The summed E-state index contributed by atoms with van der Waals surface area (Å²) in [6, 6.07) is 11.6. The number of aromatic nitrogens is 1. The number of nitrogens with two attached hydrogens (primary N) is 1. The zero-order valence-electron chi connectivity index (χ0n) is 16.3. The molecule has 0 unspecified atom stereocenters. The van der Waals surface area contributed by atoms with Gasteiger partial charge in [-0.1, -0.05) is 28.9 Å². The smallest absolute Gasteiger partial charge is 0.259 e. The Balaban J connectivity index is 1.82. The van der Waals surface area contributed by atoms with Crippen molar-refractivity contribution in [1.29, 1.82) is 0 Å². The lowest BCUT2D eigenvalue weighted by Crippen LogP contribution is -2.19. The molecule has 0 fully saturated rings. The van der Waals surface area contributed by atoms with Crippen LogP contribution in [0.4, 0.5) is 11.5 Å². The molecule has 0 aliphatic carbocycles. The van der Waals surface area contributed by atoms with Gasteiger partial charge in [0, 0.05) is 17.3 Å². The van der Waals surface area contributed by atoms with Crippen molar-refractivity contribution in [2.75, 3.05) is 10.6 Å². The van der Waals surface area contributed by atoms with Gasteiger partial charge in [-0.25, -0.2) is 4.98 Å². The van der Waals surface area contributed by atoms with Crippen LogP contribution >= 0.6 is 11.6 Å². The van der Waals surface area contributed by atoms with E-state index in [1.165, 1.54) is 48.7 Å². The molecule has 31 heavy (non-hydrogen) atoms. The van der Waals surface area contributed by atoms with Gasteiger partial charge in [0.15, 0.2) is 5.84 Å². The van der Waals surface area contributed by atoms with E-state index in [2.05, 4.69) is 20.8 Å². The highest BCUT2D eigenvalue weighted by Gasteiger charge is 2.17. The molecule has 158 valence electrons. The number of rotatable bonds is 5. The van der Waals surface area contributed by atoms with Crippen LogP contribution in [0.3, 0.4) is 0 Å². The number of aromatic hydroxyl groups is 1. The van der Waals surface area contributed by atoms with Gasteiger partial charge in [0.1, 0.15) is 11.6 Å².